The number of benzene rings is 2. The molecule has 1 heterocycles. The van der Waals surface area contributed by atoms with Crippen molar-refractivity contribution < 1.29 is 0 Å². The SMILES string of the molecule is c1ccc([C@@H]2NCCCc3ccccc32)cc1. The summed E-state index contributed by atoms with van der Waals surface area (Å²) in [5.74, 6) is 0. The minimum Gasteiger partial charge on any atom is -0.306 e. The highest BCUT2D eigenvalue weighted by Crippen LogP contribution is 2.27. The predicted molar refractivity (Wildman–Crippen MR) is 71.1 cm³/mol. The predicted octanol–water partition coefficient (Wildman–Crippen LogP) is 3.31. The van der Waals surface area contributed by atoms with Gasteiger partial charge >= 0.3 is 0 Å². The van der Waals surface area contributed by atoms with Crippen molar-refractivity contribution in [3.63, 3.8) is 0 Å². The first-order chi connectivity index (χ1) is 8.45. The molecule has 1 heteroatoms. The molecule has 0 fully saturated rings. The molecule has 0 saturated heterocycles. The molecular formula is C16H17N. The minimum atomic E-state index is 0.356. The molecule has 0 aromatic heterocycles. The van der Waals surface area contributed by atoms with Crippen LogP contribution < -0.4 is 5.32 Å². The molecule has 2 aromatic rings. The molecule has 3 rings (SSSR count). The zero-order chi connectivity index (χ0) is 11.5. The second-order valence-electron chi connectivity index (χ2n) is 4.60. The van der Waals surface area contributed by atoms with E-state index in [-0.39, 0.29) is 0 Å². The van der Waals surface area contributed by atoms with Crippen LogP contribution in [0, 0.1) is 0 Å². The molecule has 2 aromatic carbocycles. The van der Waals surface area contributed by atoms with Gasteiger partial charge in [-0.25, -0.2) is 0 Å². The second kappa shape index (κ2) is 4.72. The Balaban J connectivity index is 2.06. The van der Waals surface area contributed by atoms with E-state index < -0.39 is 0 Å². The molecule has 0 bridgehead atoms. The Morgan fingerprint density at radius 3 is 2.53 bits per heavy atom. The van der Waals surface area contributed by atoms with Crippen LogP contribution in [0.4, 0.5) is 0 Å². The number of fused-ring (bicyclic) bond motifs is 1. The largest absolute Gasteiger partial charge is 0.306 e. The maximum Gasteiger partial charge on any atom is 0.0579 e. The summed E-state index contributed by atoms with van der Waals surface area (Å²) in [6.45, 7) is 1.09. The fourth-order valence-electron chi connectivity index (χ4n) is 2.62. The Bertz CT molecular complexity index is 490. The Morgan fingerprint density at radius 1 is 0.882 bits per heavy atom. The van der Waals surface area contributed by atoms with Crippen LogP contribution in [0.5, 0.6) is 0 Å². The van der Waals surface area contributed by atoms with Gasteiger partial charge in [0.05, 0.1) is 6.04 Å². The number of hydrogen-bond acceptors (Lipinski definition) is 1. The molecule has 1 aliphatic rings. The lowest BCUT2D eigenvalue weighted by atomic mass is 9.94. The van der Waals surface area contributed by atoms with Crippen LogP contribution in [0.2, 0.25) is 0 Å². The average Bonchev–Trinajstić information content (AvgIpc) is 2.62. The van der Waals surface area contributed by atoms with Gasteiger partial charge in [0, 0.05) is 0 Å². The van der Waals surface area contributed by atoms with Gasteiger partial charge in [0.2, 0.25) is 0 Å². The van der Waals surface area contributed by atoms with Crippen LogP contribution in [0.25, 0.3) is 0 Å². The van der Waals surface area contributed by atoms with Gasteiger partial charge in [-0.3, -0.25) is 0 Å². The van der Waals surface area contributed by atoms with E-state index >= 15 is 0 Å². The Kier molecular flexibility index (Phi) is 2.93. The van der Waals surface area contributed by atoms with Crippen molar-refractivity contribution >= 4 is 0 Å². The van der Waals surface area contributed by atoms with Crippen LogP contribution in [0.1, 0.15) is 29.2 Å². The van der Waals surface area contributed by atoms with Crippen LogP contribution in [-0.4, -0.2) is 6.54 Å². The number of hydrogen-bond donors (Lipinski definition) is 1. The van der Waals surface area contributed by atoms with Crippen molar-refractivity contribution in [2.75, 3.05) is 6.54 Å². The fraction of sp³-hybridized carbons (Fsp3) is 0.250. The van der Waals surface area contributed by atoms with Crippen LogP contribution in [-0.2, 0) is 6.42 Å². The first kappa shape index (κ1) is 10.5. The molecular weight excluding hydrogens is 206 g/mol. The molecule has 1 nitrogen and oxygen atoms in total. The van der Waals surface area contributed by atoms with Gasteiger partial charge < -0.3 is 5.32 Å². The summed E-state index contributed by atoms with van der Waals surface area (Å²) in [4.78, 5) is 0. The quantitative estimate of drug-likeness (QED) is 0.782. The Hall–Kier alpha value is -1.60. The van der Waals surface area contributed by atoms with Crippen molar-refractivity contribution in [3.05, 3.63) is 71.3 Å². The highest BCUT2D eigenvalue weighted by atomic mass is 14.9. The summed E-state index contributed by atoms with van der Waals surface area (Å²) in [6, 6.07) is 19.9. The van der Waals surface area contributed by atoms with E-state index in [4.69, 9.17) is 0 Å². The van der Waals surface area contributed by atoms with Gasteiger partial charge in [0.15, 0.2) is 0 Å². The van der Waals surface area contributed by atoms with Gasteiger partial charge in [-0.1, -0.05) is 54.6 Å². The van der Waals surface area contributed by atoms with E-state index in [0.29, 0.717) is 6.04 Å². The Labute approximate surface area is 102 Å². The normalized spacial score (nSPS) is 19.4. The van der Waals surface area contributed by atoms with Gasteiger partial charge in [0.1, 0.15) is 0 Å². The van der Waals surface area contributed by atoms with Crippen LogP contribution in [0.3, 0.4) is 0 Å². The highest BCUT2D eigenvalue weighted by molar-refractivity contribution is 5.38. The molecule has 0 saturated carbocycles. The second-order valence-corrected chi connectivity index (χ2v) is 4.60. The van der Waals surface area contributed by atoms with E-state index in [1.807, 2.05) is 0 Å². The molecule has 17 heavy (non-hydrogen) atoms. The molecule has 0 spiro atoms. The van der Waals surface area contributed by atoms with Gasteiger partial charge in [-0.15, -0.1) is 0 Å². The van der Waals surface area contributed by atoms with Gasteiger partial charge in [-0.05, 0) is 36.1 Å². The van der Waals surface area contributed by atoms with Crippen LogP contribution >= 0.6 is 0 Å². The molecule has 0 unspecified atom stereocenters. The third-order valence-electron chi connectivity index (χ3n) is 3.47. The topological polar surface area (TPSA) is 12.0 Å². The van der Waals surface area contributed by atoms with Crippen molar-refractivity contribution in [1.82, 2.24) is 5.32 Å². The maximum atomic E-state index is 3.65. The van der Waals surface area contributed by atoms with Crippen molar-refractivity contribution in [2.24, 2.45) is 0 Å². The van der Waals surface area contributed by atoms with Crippen molar-refractivity contribution in [2.45, 2.75) is 18.9 Å². The molecule has 1 aliphatic heterocycles. The summed E-state index contributed by atoms with van der Waals surface area (Å²) < 4.78 is 0. The summed E-state index contributed by atoms with van der Waals surface area (Å²) in [5.41, 5.74) is 4.30. The van der Waals surface area contributed by atoms with Crippen molar-refractivity contribution in [1.29, 1.82) is 0 Å². The number of rotatable bonds is 1. The number of aryl methyl sites for hydroxylation is 1. The van der Waals surface area contributed by atoms with Crippen LogP contribution in [0.15, 0.2) is 54.6 Å². The lowest BCUT2D eigenvalue weighted by Crippen LogP contribution is -2.21. The zero-order valence-corrected chi connectivity index (χ0v) is 9.89. The smallest absolute Gasteiger partial charge is 0.0579 e. The first-order valence-corrected chi connectivity index (χ1v) is 6.31. The first-order valence-electron chi connectivity index (χ1n) is 6.31. The lowest BCUT2D eigenvalue weighted by Gasteiger charge is -2.19. The maximum absolute atomic E-state index is 3.65. The van der Waals surface area contributed by atoms with E-state index in [2.05, 4.69) is 59.9 Å². The molecule has 0 aliphatic carbocycles. The minimum absolute atomic E-state index is 0.356. The van der Waals surface area contributed by atoms with E-state index in [1.54, 1.807) is 0 Å². The average molecular weight is 223 g/mol. The standard InChI is InChI=1S/C16H17N/c1-2-8-14(9-3-1)16-15-11-5-4-7-13(15)10-6-12-17-16/h1-5,7-9,11,16-17H,6,10,12H2/t16-/m0/s1. The summed E-state index contributed by atoms with van der Waals surface area (Å²) in [5, 5.41) is 3.65. The lowest BCUT2D eigenvalue weighted by molar-refractivity contribution is 0.609. The molecule has 0 amide bonds. The molecule has 1 N–H and O–H groups in total. The third-order valence-corrected chi connectivity index (χ3v) is 3.47. The summed E-state index contributed by atoms with van der Waals surface area (Å²) >= 11 is 0. The van der Waals surface area contributed by atoms with E-state index in [9.17, 15) is 0 Å². The van der Waals surface area contributed by atoms with Gasteiger partial charge in [-0.2, -0.15) is 0 Å². The highest BCUT2D eigenvalue weighted by Gasteiger charge is 2.18. The van der Waals surface area contributed by atoms with E-state index in [0.717, 1.165) is 6.54 Å². The van der Waals surface area contributed by atoms with Gasteiger partial charge in [0.25, 0.3) is 0 Å². The zero-order valence-electron chi connectivity index (χ0n) is 9.89. The molecule has 1 atom stereocenters. The summed E-state index contributed by atoms with van der Waals surface area (Å²) in [6.07, 6.45) is 2.41. The third kappa shape index (κ3) is 2.11. The van der Waals surface area contributed by atoms with E-state index in [1.165, 1.54) is 29.5 Å². The summed E-state index contributed by atoms with van der Waals surface area (Å²) in [7, 11) is 0. The fourth-order valence-corrected chi connectivity index (χ4v) is 2.62. The molecule has 86 valence electrons. The number of nitrogens with one attached hydrogen (secondary N) is 1. The monoisotopic (exact) mass is 223 g/mol. The van der Waals surface area contributed by atoms with Crippen molar-refractivity contribution in [3.8, 4) is 0 Å². The Morgan fingerprint density at radius 2 is 1.65 bits per heavy atom. The molecule has 0 radical (unpaired) electrons.